The minimum absolute atomic E-state index is 0.107. The number of benzene rings is 1. The Hall–Kier alpha value is -2.30. The van der Waals surface area contributed by atoms with E-state index in [-0.39, 0.29) is 5.91 Å². The number of hydrogen-bond donors (Lipinski definition) is 2. The van der Waals surface area contributed by atoms with Crippen LogP contribution in [0.4, 0.5) is 11.4 Å². The number of para-hydroxylation sites is 1. The van der Waals surface area contributed by atoms with E-state index in [4.69, 9.17) is 5.73 Å². The summed E-state index contributed by atoms with van der Waals surface area (Å²) in [6, 6.07) is 8.04. The van der Waals surface area contributed by atoms with Crippen LogP contribution in [-0.2, 0) is 6.42 Å². The molecule has 0 aliphatic carbocycles. The lowest BCUT2D eigenvalue weighted by Gasteiger charge is -2.22. The SMILES string of the molecule is Nc1cn[nH]c1C(=O)N1CCCCc2ccccc21. The molecular weight excluding hydrogens is 240 g/mol. The average Bonchev–Trinajstić information content (AvgIpc) is 2.74. The molecule has 0 atom stereocenters. The Bertz CT molecular complexity index is 605. The number of rotatable bonds is 1. The van der Waals surface area contributed by atoms with Crippen molar-refractivity contribution in [2.24, 2.45) is 0 Å². The van der Waals surface area contributed by atoms with Crippen LogP contribution in [0.5, 0.6) is 0 Å². The first-order chi connectivity index (χ1) is 9.27. The largest absolute Gasteiger partial charge is 0.396 e. The summed E-state index contributed by atoms with van der Waals surface area (Å²) >= 11 is 0. The smallest absolute Gasteiger partial charge is 0.278 e. The number of fused-ring (bicyclic) bond motifs is 1. The van der Waals surface area contributed by atoms with E-state index >= 15 is 0 Å². The number of nitrogen functional groups attached to an aromatic ring is 1. The first kappa shape index (κ1) is 11.8. The number of nitrogens with one attached hydrogen (secondary N) is 1. The summed E-state index contributed by atoms with van der Waals surface area (Å²) in [5.74, 6) is -0.107. The summed E-state index contributed by atoms with van der Waals surface area (Å²) in [4.78, 5) is 14.4. The molecule has 1 aromatic carbocycles. The van der Waals surface area contributed by atoms with Crippen LogP contribution in [-0.4, -0.2) is 22.6 Å². The second-order valence-corrected chi connectivity index (χ2v) is 4.74. The third-order valence-electron chi connectivity index (χ3n) is 3.49. The molecule has 0 spiro atoms. The van der Waals surface area contributed by atoms with Crippen molar-refractivity contribution >= 4 is 17.3 Å². The summed E-state index contributed by atoms with van der Waals surface area (Å²) in [5, 5.41) is 6.51. The number of carbonyl (C=O) groups excluding carboxylic acids is 1. The van der Waals surface area contributed by atoms with Crippen LogP contribution < -0.4 is 10.6 Å². The van der Waals surface area contributed by atoms with Gasteiger partial charge in [-0.15, -0.1) is 0 Å². The van der Waals surface area contributed by atoms with Crippen molar-refractivity contribution in [2.75, 3.05) is 17.2 Å². The number of nitrogens with zero attached hydrogens (tertiary/aromatic N) is 2. The van der Waals surface area contributed by atoms with Crippen LogP contribution in [0.25, 0.3) is 0 Å². The maximum Gasteiger partial charge on any atom is 0.278 e. The number of aromatic nitrogens is 2. The first-order valence-corrected chi connectivity index (χ1v) is 6.46. The van der Waals surface area contributed by atoms with Crippen LogP contribution in [0.3, 0.4) is 0 Å². The number of H-pyrrole nitrogens is 1. The van der Waals surface area contributed by atoms with Crippen molar-refractivity contribution in [2.45, 2.75) is 19.3 Å². The monoisotopic (exact) mass is 256 g/mol. The van der Waals surface area contributed by atoms with E-state index in [2.05, 4.69) is 16.3 Å². The number of carbonyl (C=O) groups is 1. The Morgan fingerprint density at radius 1 is 1.32 bits per heavy atom. The van der Waals surface area contributed by atoms with Gasteiger partial charge in [-0.1, -0.05) is 18.2 Å². The van der Waals surface area contributed by atoms with E-state index in [9.17, 15) is 4.79 Å². The topological polar surface area (TPSA) is 75.0 Å². The zero-order chi connectivity index (χ0) is 13.2. The molecule has 1 aliphatic heterocycles. The van der Waals surface area contributed by atoms with Gasteiger partial charge >= 0.3 is 0 Å². The van der Waals surface area contributed by atoms with Crippen LogP contribution in [0.15, 0.2) is 30.5 Å². The average molecular weight is 256 g/mol. The van der Waals surface area contributed by atoms with Gasteiger partial charge in [-0.25, -0.2) is 0 Å². The van der Waals surface area contributed by atoms with Crippen molar-refractivity contribution in [3.05, 3.63) is 41.7 Å². The van der Waals surface area contributed by atoms with Gasteiger partial charge in [-0.05, 0) is 30.9 Å². The molecular formula is C14H16N4O. The number of anilines is 2. The highest BCUT2D eigenvalue weighted by molar-refractivity contribution is 6.08. The van der Waals surface area contributed by atoms with Crippen molar-refractivity contribution in [1.82, 2.24) is 10.2 Å². The normalized spacial score (nSPS) is 14.8. The fourth-order valence-electron chi connectivity index (χ4n) is 2.50. The Kier molecular flexibility index (Phi) is 2.95. The molecule has 0 saturated heterocycles. The van der Waals surface area contributed by atoms with Gasteiger partial charge in [0.15, 0.2) is 0 Å². The van der Waals surface area contributed by atoms with Crippen molar-refractivity contribution < 1.29 is 4.79 Å². The van der Waals surface area contributed by atoms with Gasteiger partial charge in [0, 0.05) is 12.2 Å². The molecule has 5 nitrogen and oxygen atoms in total. The zero-order valence-corrected chi connectivity index (χ0v) is 10.6. The molecule has 3 N–H and O–H groups in total. The van der Waals surface area contributed by atoms with Crippen LogP contribution in [0.1, 0.15) is 28.9 Å². The molecule has 1 aromatic heterocycles. The van der Waals surface area contributed by atoms with Gasteiger partial charge in [0.1, 0.15) is 5.69 Å². The van der Waals surface area contributed by atoms with Gasteiger partial charge in [0.25, 0.3) is 5.91 Å². The first-order valence-electron chi connectivity index (χ1n) is 6.46. The van der Waals surface area contributed by atoms with Crippen LogP contribution in [0.2, 0.25) is 0 Å². The predicted molar refractivity (Wildman–Crippen MR) is 74.1 cm³/mol. The Morgan fingerprint density at radius 2 is 2.16 bits per heavy atom. The molecule has 2 heterocycles. The molecule has 3 rings (SSSR count). The molecule has 5 heteroatoms. The van der Waals surface area contributed by atoms with Crippen molar-refractivity contribution in [1.29, 1.82) is 0 Å². The fraction of sp³-hybridized carbons (Fsp3) is 0.286. The maximum atomic E-state index is 12.6. The summed E-state index contributed by atoms with van der Waals surface area (Å²) in [7, 11) is 0. The molecule has 0 unspecified atom stereocenters. The minimum Gasteiger partial charge on any atom is -0.396 e. The number of aromatic amines is 1. The van der Waals surface area contributed by atoms with Gasteiger partial charge in [0.2, 0.25) is 0 Å². The standard InChI is InChI=1S/C14H16N4O/c15-11-9-16-17-13(11)14(19)18-8-4-3-6-10-5-1-2-7-12(10)18/h1-2,5,7,9H,3-4,6,8,15H2,(H,16,17). The highest BCUT2D eigenvalue weighted by Crippen LogP contribution is 2.27. The third kappa shape index (κ3) is 2.07. The molecule has 0 saturated carbocycles. The number of aryl methyl sites for hydroxylation is 1. The van der Waals surface area contributed by atoms with Gasteiger partial charge in [-0.3, -0.25) is 9.89 Å². The number of hydrogen-bond acceptors (Lipinski definition) is 3. The molecule has 0 fully saturated rings. The summed E-state index contributed by atoms with van der Waals surface area (Å²) in [6.45, 7) is 0.717. The lowest BCUT2D eigenvalue weighted by atomic mass is 10.1. The Balaban J connectivity index is 2.01. The minimum atomic E-state index is -0.107. The molecule has 0 radical (unpaired) electrons. The van der Waals surface area contributed by atoms with Gasteiger partial charge < -0.3 is 10.6 Å². The highest BCUT2D eigenvalue weighted by Gasteiger charge is 2.24. The molecule has 19 heavy (non-hydrogen) atoms. The Labute approximate surface area is 111 Å². The third-order valence-corrected chi connectivity index (χ3v) is 3.49. The van der Waals surface area contributed by atoms with Gasteiger partial charge in [0.05, 0.1) is 11.9 Å². The quantitative estimate of drug-likeness (QED) is 0.819. The van der Waals surface area contributed by atoms with Gasteiger partial charge in [-0.2, -0.15) is 5.10 Å². The zero-order valence-electron chi connectivity index (χ0n) is 10.6. The lowest BCUT2D eigenvalue weighted by Crippen LogP contribution is -2.32. The fourth-order valence-corrected chi connectivity index (χ4v) is 2.50. The van der Waals surface area contributed by atoms with Crippen molar-refractivity contribution in [3.8, 4) is 0 Å². The summed E-state index contributed by atoms with van der Waals surface area (Å²) in [6.07, 6.45) is 4.57. The second-order valence-electron chi connectivity index (χ2n) is 4.74. The molecule has 98 valence electrons. The number of nitrogens with two attached hydrogens (primary N) is 1. The summed E-state index contributed by atoms with van der Waals surface area (Å²) < 4.78 is 0. The van der Waals surface area contributed by atoms with Crippen molar-refractivity contribution in [3.63, 3.8) is 0 Å². The van der Waals surface area contributed by atoms with E-state index in [1.54, 1.807) is 4.90 Å². The highest BCUT2D eigenvalue weighted by atomic mass is 16.2. The Morgan fingerprint density at radius 3 is 2.95 bits per heavy atom. The molecule has 1 aliphatic rings. The molecule has 0 bridgehead atoms. The van der Waals surface area contributed by atoms with E-state index < -0.39 is 0 Å². The molecule has 2 aromatic rings. The van der Waals surface area contributed by atoms with Crippen LogP contribution in [0, 0.1) is 0 Å². The second kappa shape index (κ2) is 4.76. The van der Waals surface area contributed by atoms with E-state index in [0.29, 0.717) is 17.9 Å². The van der Waals surface area contributed by atoms with E-state index in [1.165, 1.54) is 11.8 Å². The maximum absolute atomic E-state index is 12.6. The molecule has 1 amide bonds. The predicted octanol–water partition coefficient (Wildman–Crippen LogP) is 1.97. The van der Waals surface area contributed by atoms with E-state index in [1.807, 2.05) is 18.2 Å². The van der Waals surface area contributed by atoms with Crippen LogP contribution >= 0.6 is 0 Å². The number of amides is 1. The lowest BCUT2D eigenvalue weighted by molar-refractivity contribution is 0.0983. The van der Waals surface area contributed by atoms with E-state index in [0.717, 1.165) is 24.9 Å². The summed E-state index contributed by atoms with van der Waals surface area (Å²) in [5.41, 5.74) is 8.73.